The first kappa shape index (κ1) is 8.00. The maximum Gasteiger partial charge on any atom is 0.281 e. The normalized spacial score (nSPS) is 16.5. The summed E-state index contributed by atoms with van der Waals surface area (Å²) in [6.45, 7) is 0. The molecule has 0 bridgehead atoms. The molecule has 1 atom stereocenters. The van der Waals surface area contributed by atoms with Gasteiger partial charge in [-0.05, 0) is 0 Å². The summed E-state index contributed by atoms with van der Waals surface area (Å²) < 4.78 is 54.6. The summed E-state index contributed by atoms with van der Waals surface area (Å²) in [7, 11) is 0. The Bertz CT molecular complexity index is 55.4. The summed E-state index contributed by atoms with van der Waals surface area (Å²) in [5, 5.41) is 0. The zero-order valence-corrected chi connectivity index (χ0v) is 4.39. The SMILES string of the molecule is FC(F)C(F)[SH](F)F. The first-order chi connectivity index (χ1) is 3.55. The van der Waals surface area contributed by atoms with E-state index in [9.17, 15) is 20.9 Å². The van der Waals surface area contributed by atoms with E-state index in [-0.39, 0.29) is 0 Å². The Balaban J connectivity index is 3.46. The molecule has 52 valence electrons. The number of hydrogen-bond donors (Lipinski definition) is 1. The number of hydrogen-bond acceptors (Lipinski definition) is 0. The Morgan fingerprint density at radius 1 is 1.00 bits per heavy atom. The van der Waals surface area contributed by atoms with Crippen LogP contribution in [0.5, 0.6) is 0 Å². The second kappa shape index (κ2) is 3.11. The highest BCUT2D eigenvalue weighted by atomic mass is 32.3. The second-order valence-electron chi connectivity index (χ2n) is 0.966. The Morgan fingerprint density at radius 2 is 1.38 bits per heavy atom. The minimum absolute atomic E-state index is 3.23. The van der Waals surface area contributed by atoms with Crippen LogP contribution in [0.4, 0.5) is 20.9 Å². The van der Waals surface area contributed by atoms with Crippen LogP contribution in [0.2, 0.25) is 0 Å². The molecule has 0 radical (unpaired) electrons. The summed E-state index contributed by atoms with van der Waals surface area (Å²) >= 11 is -4.12. The van der Waals surface area contributed by atoms with E-state index in [4.69, 9.17) is 0 Å². The summed E-state index contributed by atoms with van der Waals surface area (Å²) in [4.78, 5) is 0. The lowest BCUT2D eigenvalue weighted by atomic mass is 10.8. The van der Waals surface area contributed by atoms with Crippen molar-refractivity contribution in [1.82, 2.24) is 0 Å². The van der Waals surface area contributed by atoms with Crippen molar-refractivity contribution in [3.8, 4) is 0 Å². The second-order valence-corrected chi connectivity index (χ2v) is 1.98. The molecule has 6 heteroatoms. The van der Waals surface area contributed by atoms with Gasteiger partial charge in [0.15, 0.2) is 0 Å². The molecule has 1 unspecified atom stereocenters. The van der Waals surface area contributed by atoms with E-state index in [0.29, 0.717) is 0 Å². The number of thiol groups is 1. The van der Waals surface area contributed by atoms with Gasteiger partial charge in [0.2, 0.25) is 5.50 Å². The van der Waals surface area contributed by atoms with E-state index in [1.807, 2.05) is 0 Å². The third-order valence-electron chi connectivity index (χ3n) is 0.394. The van der Waals surface area contributed by atoms with Gasteiger partial charge >= 0.3 is 0 Å². The summed E-state index contributed by atoms with van der Waals surface area (Å²) in [6, 6.07) is 0. The minimum atomic E-state index is -4.12. The number of alkyl halides is 3. The van der Waals surface area contributed by atoms with Crippen molar-refractivity contribution in [2.45, 2.75) is 11.9 Å². The molecule has 0 aromatic rings. The highest BCUT2D eigenvalue weighted by Gasteiger charge is 2.26. The predicted octanol–water partition coefficient (Wildman–Crippen LogP) is 2.32. The lowest BCUT2D eigenvalue weighted by molar-refractivity contribution is 0.0909. The Hall–Kier alpha value is -0.0000000000000000555. The zero-order valence-electron chi connectivity index (χ0n) is 3.49. The molecule has 0 nitrogen and oxygen atoms in total. The van der Waals surface area contributed by atoms with E-state index in [2.05, 4.69) is 0 Å². The smallest absolute Gasteiger partial charge is 0.226 e. The van der Waals surface area contributed by atoms with Crippen molar-refractivity contribution in [2.24, 2.45) is 0 Å². The van der Waals surface area contributed by atoms with Crippen LogP contribution in [0.1, 0.15) is 0 Å². The average molecular weight is 154 g/mol. The third kappa shape index (κ3) is 2.34. The molecule has 0 amide bonds. The van der Waals surface area contributed by atoms with E-state index < -0.39 is 23.6 Å². The van der Waals surface area contributed by atoms with Crippen molar-refractivity contribution in [3.05, 3.63) is 0 Å². The average Bonchev–Trinajstić information content (AvgIpc) is 1.64. The molecule has 0 aromatic heterocycles. The Morgan fingerprint density at radius 3 is 1.38 bits per heavy atom. The van der Waals surface area contributed by atoms with Gasteiger partial charge in [0.25, 0.3) is 6.43 Å². The van der Waals surface area contributed by atoms with Gasteiger partial charge < -0.3 is 0 Å². The molecular weight excluding hydrogens is 151 g/mol. The molecular formula is C2H3F5S. The zero-order chi connectivity index (χ0) is 6.73. The molecule has 0 aliphatic carbocycles. The molecule has 0 saturated carbocycles. The Kier molecular flexibility index (Phi) is 3.11. The summed E-state index contributed by atoms with van der Waals surface area (Å²) in [5.74, 6) is 0. The van der Waals surface area contributed by atoms with Crippen molar-refractivity contribution in [3.63, 3.8) is 0 Å². The molecule has 0 saturated heterocycles. The largest absolute Gasteiger partial charge is 0.281 e. The number of halogens is 5. The molecule has 0 fully saturated rings. The van der Waals surface area contributed by atoms with Gasteiger partial charge in [-0.1, -0.05) is 0 Å². The van der Waals surface area contributed by atoms with Crippen LogP contribution in [0, 0.1) is 0 Å². The van der Waals surface area contributed by atoms with Crippen LogP contribution in [0.15, 0.2) is 0 Å². The van der Waals surface area contributed by atoms with Gasteiger partial charge in [-0.2, -0.15) is 7.77 Å². The van der Waals surface area contributed by atoms with Crippen LogP contribution < -0.4 is 0 Å². The van der Waals surface area contributed by atoms with Crippen LogP contribution in [0.3, 0.4) is 0 Å². The monoisotopic (exact) mass is 154 g/mol. The number of rotatable bonds is 2. The lowest BCUT2D eigenvalue weighted by Gasteiger charge is -2.05. The van der Waals surface area contributed by atoms with Gasteiger partial charge in [0, 0.05) is 0 Å². The van der Waals surface area contributed by atoms with Crippen molar-refractivity contribution < 1.29 is 20.9 Å². The molecule has 8 heavy (non-hydrogen) atoms. The molecule has 0 N–H and O–H groups in total. The Labute approximate surface area is 45.6 Å². The molecule has 0 spiro atoms. The highest BCUT2D eigenvalue weighted by Crippen LogP contribution is 2.38. The fourth-order valence-corrected chi connectivity index (χ4v) is 0.256. The maximum absolute atomic E-state index is 11.2. The topological polar surface area (TPSA) is 0 Å². The fourth-order valence-electron chi connectivity index (χ4n) is 0.0852. The third-order valence-corrected chi connectivity index (χ3v) is 0.993. The van der Waals surface area contributed by atoms with E-state index in [1.54, 1.807) is 0 Å². The fraction of sp³-hybridized carbons (Fsp3) is 1.00. The van der Waals surface area contributed by atoms with Crippen molar-refractivity contribution in [2.75, 3.05) is 0 Å². The van der Waals surface area contributed by atoms with E-state index >= 15 is 0 Å². The van der Waals surface area contributed by atoms with Gasteiger partial charge in [0.1, 0.15) is 0 Å². The minimum Gasteiger partial charge on any atom is -0.226 e. The predicted molar refractivity (Wildman–Crippen MR) is 22.1 cm³/mol. The van der Waals surface area contributed by atoms with Crippen LogP contribution in [-0.2, 0) is 0 Å². The standard InChI is InChI=1S/C2H3F5S/c3-1(4)2(5)8(6)7/h1-2,8H. The van der Waals surface area contributed by atoms with Crippen LogP contribution in [-0.4, -0.2) is 11.9 Å². The van der Waals surface area contributed by atoms with Crippen molar-refractivity contribution in [1.29, 1.82) is 0 Å². The molecule has 0 aromatic carbocycles. The summed E-state index contributed by atoms with van der Waals surface area (Å²) in [5.41, 5.74) is -3.23. The lowest BCUT2D eigenvalue weighted by Crippen LogP contribution is -2.07. The first-order valence-electron chi connectivity index (χ1n) is 1.58. The van der Waals surface area contributed by atoms with E-state index in [0.717, 1.165) is 0 Å². The van der Waals surface area contributed by atoms with Gasteiger partial charge in [-0.25, -0.2) is 13.2 Å². The maximum atomic E-state index is 11.2. The highest BCUT2D eigenvalue weighted by molar-refractivity contribution is 8.08. The molecule has 0 heterocycles. The van der Waals surface area contributed by atoms with Gasteiger partial charge in [-0.15, -0.1) is 0 Å². The van der Waals surface area contributed by atoms with Crippen LogP contribution >= 0.6 is 11.7 Å². The summed E-state index contributed by atoms with van der Waals surface area (Å²) in [6.07, 6.45) is -3.55. The van der Waals surface area contributed by atoms with E-state index in [1.165, 1.54) is 0 Å². The molecule has 0 aliphatic heterocycles. The van der Waals surface area contributed by atoms with Gasteiger partial charge in [-0.3, -0.25) is 0 Å². The van der Waals surface area contributed by atoms with Crippen LogP contribution in [0.25, 0.3) is 0 Å². The molecule has 0 rings (SSSR count). The quantitative estimate of drug-likeness (QED) is 0.458. The van der Waals surface area contributed by atoms with Gasteiger partial charge in [0.05, 0.1) is 11.7 Å². The molecule has 0 aliphatic rings. The first-order valence-corrected chi connectivity index (χ1v) is 2.78. The van der Waals surface area contributed by atoms with Crippen molar-refractivity contribution >= 4 is 11.7 Å².